The molecule has 1 aromatic rings. The number of halogens is 1. The lowest BCUT2D eigenvalue weighted by atomic mass is 9.91. The molecule has 1 atom stereocenters. The fourth-order valence-electron chi connectivity index (χ4n) is 3.05. The van der Waals surface area contributed by atoms with Crippen LogP contribution in [0.4, 0.5) is 11.5 Å². The SMILES string of the molecule is CCOC(=O)c1nc(Cl)nc2c1N(C)C(=O)C1(CCOC1)N2C. The normalized spacial score (nSPS) is 23.4. The van der Waals surface area contributed by atoms with Gasteiger partial charge >= 0.3 is 5.97 Å². The van der Waals surface area contributed by atoms with E-state index in [1.165, 1.54) is 4.90 Å². The highest BCUT2D eigenvalue weighted by Crippen LogP contribution is 2.43. The van der Waals surface area contributed by atoms with Crippen LogP contribution in [0, 0.1) is 0 Å². The van der Waals surface area contributed by atoms with Crippen molar-refractivity contribution in [1.29, 1.82) is 0 Å². The lowest BCUT2D eigenvalue weighted by molar-refractivity contribution is -0.123. The summed E-state index contributed by atoms with van der Waals surface area (Å²) < 4.78 is 10.4. The van der Waals surface area contributed by atoms with Gasteiger partial charge in [-0.05, 0) is 18.5 Å². The first kappa shape index (κ1) is 15.9. The topological polar surface area (TPSA) is 84.9 Å². The molecule has 0 radical (unpaired) electrons. The van der Waals surface area contributed by atoms with Crippen LogP contribution in [0.2, 0.25) is 5.28 Å². The number of esters is 1. The zero-order valence-electron chi connectivity index (χ0n) is 13.1. The Balaban J connectivity index is 2.19. The Morgan fingerprint density at radius 2 is 2.17 bits per heavy atom. The molecule has 2 aliphatic heterocycles. The van der Waals surface area contributed by atoms with Gasteiger partial charge in [-0.2, -0.15) is 4.98 Å². The van der Waals surface area contributed by atoms with E-state index < -0.39 is 11.5 Å². The number of likely N-dealkylation sites (N-methyl/N-ethyl adjacent to an activating group) is 2. The summed E-state index contributed by atoms with van der Waals surface area (Å²) >= 11 is 5.98. The number of aromatic nitrogens is 2. The standard InChI is InChI=1S/C14H17ClN4O4/c1-4-23-11(20)8-9-10(17-13(15)16-8)19(3)14(5-6-22-7-14)12(21)18(9)2/h4-7H2,1-3H3. The highest BCUT2D eigenvalue weighted by atomic mass is 35.5. The molecule has 1 unspecified atom stereocenters. The van der Waals surface area contributed by atoms with Crippen molar-refractivity contribution in [2.24, 2.45) is 0 Å². The third-order valence-corrected chi connectivity index (χ3v) is 4.47. The number of amides is 1. The molecule has 1 fully saturated rings. The van der Waals surface area contributed by atoms with Gasteiger partial charge in [0.15, 0.2) is 11.5 Å². The van der Waals surface area contributed by atoms with Crippen LogP contribution in [0.1, 0.15) is 23.8 Å². The van der Waals surface area contributed by atoms with Crippen LogP contribution in [0.3, 0.4) is 0 Å². The Hall–Kier alpha value is -1.93. The van der Waals surface area contributed by atoms with Crippen molar-refractivity contribution >= 4 is 35.0 Å². The zero-order valence-corrected chi connectivity index (χ0v) is 13.9. The minimum Gasteiger partial charge on any atom is -0.461 e. The number of hydrogen-bond donors (Lipinski definition) is 0. The molecular formula is C14H17ClN4O4. The van der Waals surface area contributed by atoms with Crippen molar-refractivity contribution in [1.82, 2.24) is 9.97 Å². The summed E-state index contributed by atoms with van der Waals surface area (Å²) in [6.07, 6.45) is 0.544. The molecule has 0 bridgehead atoms. The smallest absolute Gasteiger partial charge is 0.359 e. The average Bonchev–Trinajstić information content (AvgIpc) is 3.01. The summed E-state index contributed by atoms with van der Waals surface area (Å²) in [5.74, 6) is -0.387. The first-order valence-electron chi connectivity index (χ1n) is 7.26. The first-order chi connectivity index (χ1) is 10.9. The molecule has 0 aliphatic carbocycles. The summed E-state index contributed by atoms with van der Waals surface area (Å²) in [7, 11) is 3.34. The van der Waals surface area contributed by atoms with Gasteiger partial charge in [-0.3, -0.25) is 4.79 Å². The van der Waals surface area contributed by atoms with E-state index in [0.717, 1.165) is 0 Å². The van der Waals surface area contributed by atoms with Crippen molar-refractivity contribution in [3.05, 3.63) is 11.0 Å². The molecule has 3 heterocycles. The molecule has 2 aliphatic rings. The van der Waals surface area contributed by atoms with E-state index in [4.69, 9.17) is 21.1 Å². The fraction of sp³-hybridized carbons (Fsp3) is 0.571. The van der Waals surface area contributed by atoms with E-state index in [1.807, 2.05) is 0 Å². The number of rotatable bonds is 2. The van der Waals surface area contributed by atoms with E-state index in [-0.39, 0.29) is 30.1 Å². The quantitative estimate of drug-likeness (QED) is 0.583. The van der Waals surface area contributed by atoms with Gasteiger partial charge in [-0.25, -0.2) is 9.78 Å². The highest BCUT2D eigenvalue weighted by molar-refractivity contribution is 6.29. The Bertz CT molecular complexity index is 675. The van der Waals surface area contributed by atoms with Crippen molar-refractivity contribution in [3.8, 4) is 0 Å². The maximum Gasteiger partial charge on any atom is 0.359 e. The van der Waals surface area contributed by atoms with Gasteiger partial charge < -0.3 is 19.3 Å². The first-order valence-corrected chi connectivity index (χ1v) is 7.64. The fourth-order valence-corrected chi connectivity index (χ4v) is 3.21. The maximum absolute atomic E-state index is 12.9. The van der Waals surface area contributed by atoms with E-state index >= 15 is 0 Å². The lowest BCUT2D eigenvalue weighted by Gasteiger charge is -2.45. The molecule has 9 heteroatoms. The minimum atomic E-state index is -0.828. The van der Waals surface area contributed by atoms with Gasteiger partial charge in [-0.1, -0.05) is 0 Å². The Labute approximate surface area is 138 Å². The lowest BCUT2D eigenvalue weighted by Crippen LogP contribution is -2.62. The second-order valence-corrected chi connectivity index (χ2v) is 5.83. The number of hydrogen-bond acceptors (Lipinski definition) is 7. The van der Waals surface area contributed by atoms with Crippen LogP contribution < -0.4 is 9.80 Å². The molecule has 1 aromatic heterocycles. The van der Waals surface area contributed by atoms with Crippen molar-refractivity contribution < 1.29 is 19.1 Å². The van der Waals surface area contributed by atoms with Crippen LogP contribution in [0.5, 0.6) is 0 Å². The molecular weight excluding hydrogens is 324 g/mol. The number of carbonyl (C=O) groups excluding carboxylic acids is 2. The van der Waals surface area contributed by atoms with Crippen LogP contribution in [0.15, 0.2) is 0 Å². The van der Waals surface area contributed by atoms with Crippen molar-refractivity contribution in [2.75, 3.05) is 43.7 Å². The Kier molecular flexibility index (Phi) is 3.89. The Morgan fingerprint density at radius 1 is 1.43 bits per heavy atom. The summed E-state index contributed by atoms with van der Waals surface area (Å²) in [6.45, 7) is 2.64. The summed E-state index contributed by atoms with van der Waals surface area (Å²) in [6, 6.07) is 0. The molecule has 8 nitrogen and oxygen atoms in total. The van der Waals surface area contributed by atoms with Gasteiger partial charge in [0, 0.05) is 27.1 Å². The monoisotopic (exact) mass is 340 g/mol. The van der Waals surface area contributed by atoms with E-state index in [1.54, 1.807) is 25.9 Å². The van der Waals surface area contributed by atoms with Crippen LogP contribution >= 0.6 is 11.6 Å². The second kappa shape index (κ2) is 5.61. The Morgan fingerprint density at radius 3 is 2.78 bits per heavy atom. The predicted molar refractivity (Wildman–Crippen MR) is 83.0 cm³/mol. The van der Waals surface area contributed by atoms with Crippen LogP contribution in [-0.2, 0) is 14.3 Å². The molecule has 1 saturated heterocycles. The predicted octanol–water partition coefficient (Wildman–Crippen LogP) is 0.878. The van der Waals surface area contributed by atoms with Gasteiger partial charge in [0.25, 0.3) is 5.91 Å². The number of carbonyl (C=O) groups is 2. The molecule has 0 saturated carbocycles. The third kappa shape index (κ3) is 2.24. The highest BCUT2D eigenvalue weighted by Gasteiger charge is 2.53. The van der Waals surface area contributed by atoms with E-state index in [2.05, 4.69) is 9.97 Å². The van der Waals surface area contributed by atoms with Crippen LogP contribution in [0.25, 0.3) is 0 Å². The van der Waals surface area contributed by atoms with Crippen LogP contribution in [-0.4, -0.2) is 61.3 Å². The summed E-state index contributed by atoms with van der Waals surface area (Å²) in [4.78, 5) is 36.4. The third-order valence-electron chi connectivity index (χ3n) is 4.31. The molecule has 1 spiro atoms. The van der Waals surface area contributed by atoms with Crippen molar-refractivity contribution in [3.63, 3.8) is 0 Å². The van der Waals surface area contributed by atoms with Gasteiger partial charge in [-0.15, -0.1) is 0 Å². The van der Waals surface area contributed by atoms with Gasteiger partial charge in [0.05, 0.1) is 13.2 Å². The molecule has 124 valence electrons. The molecule has 3 rings (SSSR count). The van der Waals surface area contributed by atoms with E-state index in [9.17, 15) is 9.59 Å². The van der Waals surface area contributed by atoms with Gasteiger partial charge in [0.2, 0.25) is 5.28 Å². The molecule has 0 N–H and O–H groups in total. The number of fused-ring (bicyclic) bond motifs is 1. The average molecular weight is 341 g/mol. The molecule has 1 amide bonds. The molecule has 0 aromatic carbocycles. The number of ether oxygens (including phenoxy) is 2. The minimum absolute atomic E-state index is 0.0154. The largest absolute Gasteiger partial charge is 0.461 e. The second-order valence-electron chi connectivity index (χ2n) is 5.49. The van der Waals surface area contributed by atoms with Gasteiger partial charge in [0.1, 0.15) is 11.2 Å². The summed E-state index contributed by atoms with van der Waals surface area (Å²) in [5, 5.41) is -0.0736. The zero-order chi connectivity index (χ0) is 16.8. The number of anilines is 2. The maximum atomic E-state index is 12.9. The summed E-state index contributed by atoms with van der Waals surface area (Å²) in [5.41, 5.74) is -0.540. The molecule has 23 heavy (non-hydrogen) atoms. The van der Waals surface area contributed by atoms with E-state index in [0.29, 0.717) is 24.5 Å². The number of nitrogens with zero attached hydrogens (tertiary/aromatic N) is 4. The van der Waals surface area contributed by atoms with Crippen molar-refractivity contribution in [2.45, 2.75) is 18.9 Å².